The molecule has 35 heavy (non-hydrogen) atoms. The zero-order valence-corrected chi connectivity index (χ0v) is 20.3. The van der Waals surface area contributed by atoms with E-state index in [1.165, 1.54) is 4.57 Å². The van der Waals surface area contributed by atoms with Gasteiger partial charge in [-0.1, -0.05) is 12.1 Å². The fourth-order valence-electron chi connectivity index (χ4n) is 3.92. The zero-order valence-electron chi connectivity index (χ0n) is 20.3. The molecule has 1 N–H and O–H groups in total. The van der Waals surface area contributed by atoms with Crippen molar-refractivity contribution in [2.45, 2.75) is 45.8 Å². The first kappa shape index (κ1) is 24.0. The lowest BCUT2D eigenvalue weighted by molar-refractivity contribution is 0.0636. The van der Waals surface area contributed by atoms with E-state index in [9.17, 15) is 14.4 Å². The second-order valence-electron chi connectivity index (χ2n) is 9.37. The largest absolute Gasteiger partial charge is 0.444 e. The average Bonchev–Trinajstić information content (AvgIpc) is 3.20. The maximum atomic E-state index is 13.5. The van der Waals surface area contributed by atoms with E-state index in [1.54, 1.807) is 74.1 Å². The predicted molar refractivity (Wildman–Crippen MR) is 135 cm³/mol. The number of anilines is 1. The molecule has 2 aromatic carbocycles. The van der Waals surface area contributed by atoms with E-state index in [0.29, 0.717) is 35.2 Å². The van der Waals surface area contributed by atoms with Gasteiger partial charge < -0.3 is 9.30 Å². The van der Waals surface area contributed by atoms with Gasteiger partial charge in [-0.3, -0.25) is 14.7 Å². The van der Waals surface area contributed by atoms with Crippen LogP contribution in [0.1, 0.15) is 32.9 Å². The van der Waals surface area contributed by atoms with E-state index in [4.69, 9.17) is 4.74 Å². The molecule has 0 aliphatic carbocycles. The van der Waals surface area contributed by atoms with Crippen molar-refractivity contribution in [3.8, 4) is 5.69 Å². The molecule has 2 aromatic heterocycles. The van der Waals surface area contributed by atoms with E-state index in [1.807, 2.05) is 23.9 Å². The van der Waals surface area contributed by atoms with Crippen molar-refractivity contribution >= 4 is 22.7 Å². The Morgan fingerprint density at radius 2 is 1.77 bits per heavy atom. The third-order valence-electron chi connectivity index (χ3n) is 5.55. The van der Waals surface area contributed by atoms with Crippen molar-refractivity contribution < 1.29 is 9.53 Å². The number of imidazole rings is 1. The molecule has 0 radical (unpaired) electrons. The number of rotatable bonds is 6. The predicted octanol–water partition coefficient (Wildman–Crippen LogP) is 3.87. The van der Waals surface area contributed by atoms with Gasteiger partial charge in [0.25, 0.3) is 5.56 Å². The Labute approximate surface area is 202 Å². The number of nitrogens with zero attached hydrogens (tertiary/aromatic N) is 4. The number of aromatic nitrogens is 4. The van der Waals surface area contributed by atoms with Crippen molar-refractivity contribution in [2.24, 2.45) is 7.05 Å². The van der Waals surface area contributed by atoms with Gasteiger partial charge in [-0.05, 0) is 70.0 Å². The Morgan fingerprint density at radius 1 is 1.06 bits per heavy atom. The fraction of sp³-hybridized carbons (Fsp3) is 0.308. The van der Waals surface area contributed by atoms with Crippen LogP contribution in [-0.4, -0.2) is 30.4 Å². The summed E-state index contributed by atoms with van der Waals surface area (Å²) in [5.41, 5.74) is 1.17. The molecule has 182 valence electrons. The molecule has 0 unspecified atom stereocenters. The Balaban J connectivity index is 1.66. The Kier molecular flexibility index (Phi) is 6.59. The highest BCUT2D eigenvalue weighted by Gasteiger charge is 2.17. The van der Waals surface area contributed by atoms with E-state index < -0.39 is 17.4 Å². The molecule has 9 heteroatoms. The summed E-state index contributed by atoms with van der Waals surface area (Å²) in [5.74, 6) is 0. The number of ether oxygens (including phenoxy) is 1. The Hall–Kier alpha value is -4.14. The van der Waals surface area contributed by atoms with Gasteiger partial charge >= 0.3 is 11.8 Å². The number of carbonyl (C=O) groups is 1. The van der Waals surface area contributed by atoms with Gasteiger partial charge in [0.1, 0.15) is 5.60 Å². The van der Waals surface area contributed by atoms with E-state index in [-0.39, 0.29) is 5.56 Å². The molecule has 0 spiro atoms. The molecule has 2 heterocycles. The van der Waals surface area contributed by atoms with Crippen molar-refractivity contribution in [1.29, 1.82) is 0 Å². The number of benzene rings is 2. The van der Waals surface area contributed by atoms with Crippen LogP contribution in [-0.2, 0) is 24.8 Å². The second kappa shape index (κ2) is 9.61. The van der Waals surface area contributed by atoms with Crippen LogP contribution in [0.2, 0.25) is 0 Å². The summed E-state index contributed by atoms with van der Waals surface area (Å²) in [6.07, 6.45) is 4.44. The van der Waals surface area contributed by atoms with Crippen molar-refractivity contribution in [1.82, 2.24) is 18.7 Å². The molecule has 4 rings (SSSR count). The Bertz CT molecular complexity index is 1470. The number of para-hydroxylation sites is 1. The van der Waals surface area contributed by atoms with Crippen LogP contribution in [0.4, 0.5) is 10.5 Å². The van der Waals surface area contributed by atoms with E-state index >= 15 is 0 Å². The molecule has 0 aliphatic rings. The molecular weight excluding hydrogens is 446 g/mol. The van der Waals surface area contributed by atoms with E-state index in [0.717, 1.165) is 12.1 Å². The molecule has 1 amide bonds. The summed E-state index contributed by atoms with van der Waals surface area (Å²) >= 11 is 0. The van der Waals surface area contributed by atoms with Gasteiger partial charge in [0, 0.05) is 31.2 Å². The van der Waals surface area contributed by atoms with Crippen LogP contribution in [0.25, 0.3) is 16.6 Å². The normalized spacial score (nSPS) is 11.5. The quantitative estimate of drug-likeness (QED) is 0.456. The number of carbonyl (C=O) groups excluding carboxylic acids is 1. The molecule has 0 fully saturated rings. The Morgan fingerprint density at radius 3 is 2.43 bits per heavy atom. The first-order valence-corrected chi connectivity index (χ1v) is 11.4. The van der Waals surface area contributed by atoms with Gasteiger partial charge in [0.2, 0.25) is 0 Å². The summed E-state index contributed by atoms with van der Waals surface area (Å²) in [7, 11) is 1.94. The summed E-state index contributed by atoms with van der Waals surface area (Å²) in [6.45, 7) is 5.79. The molecular formula is C26H29N5O4. The molecule has 0 saturated heterocycles. The van der Waals surface area contributed by atoms with Crippen molar-refractivity contribution in [2.75, 3.05) is 5.32 Å². The van der Waals surface area contributed by atoms with Gasteiger partial charge in [0.15, 0.2) is 0 Å². The van der Waals surface area contributed by atoms with Gasteiger partial charge in [-0.25, -0.2) is 19.1 Å². The van der Waals surface area contributed by atoms with Gasteiger partial charge in [-0.2, -0.15) is 0 Å². The lowest BCUT2D eigenvalue weighted by Gasteiger charge is -2.19. The van der Waals surface area contributed by atoms with E-state index in [2.05, 4.69) is 10.3 Å². The third kappa shape index (κ3) is 5.34. The molecule has 9 nitrogen and oxygen atoms in total. The lowest BCUT2D eigenvalue weighted by Crippen LogP contribution is -2.39. The third-order valence-corrected chi connectivity index (χ3v) is 5.55. The molecule has 4 aromatic rings. The highest BCUT2D eigenvalue weighted by Crippen LogP contribution is 2.16. The highest BCUT2D eigenvalue weighted by atomic mass is 16.6. The van der Waals surface area contributed by atoms with Crippen LogP contribution in [0, 0.1) is 0 Å². The molecule has 0 atom stereocenters. The zero-order chi connectivity index (χ0) is 25.2. The minimum Gasteiger partial charge on any atom is -0.444 e. The van der Waals surface area contributed by atoms with Gasteiger partial charge in [-0.15, -0.1) is 0 Å². The highest BCUT2D eigenvalue weighted by molar-refractivity contribution is 5.85. The smallest absolute Gasteiger partial charge is 0.412 e. The number of fused-ring (bicyclic) bond motifs is 1. The average molecular weight is 476 g/mol. The number of nitrogens with one attached hydrogen (secondary N) is 1. The van der Waals surface area contributed by atoms with Crippen molar-refractivity contribution in [3.63, 3.8) is 0 Å². The standard InChI is InChI=1S/C26H29N5O4/c1-26(2,3)35-24(33)28-18-11-13-19(14-12-18)31-23(32)21-9-5-6-10-22(21)30(25(31)34)15-7-8-20-16-27-17-29(20)4/h5-6,9-14,16-17H,7-8,15H2,1-4H3,(H,28,33). The van der Waals surface area contributed by atoms with Crippen LogP contribution in [0.15, 0.2) is 70.6 Å². The first-order valence-electron chi connectivity index (χ1n) is 11.4. The van der Waals surface area contributed by atoms with Crippen LogP contribution in [0.5, 0.6) is 0 Å². The van der Waals surface area contributed by atoms with Gasteiger partial charge in [0.05, 0.1) is 22.9 Å². The topological polar surface area (TPSA) is 100 Å². The fourth-order valence-corrected chi connectivity index (χ4v) is 3.92. The SMILES string of the molecule is Cn1cncc1CCCn1c(=O)n(-c2ccc(NC(=O)OC(C)(C)C)cc2)c(=O)c2ccccc21. The van der Waals surface area contributed by atoms with Crippen molar-refractivity contribution in [3.05, 3.63) is 87.6 Å². The second-order valence-corrected chi connectivity index (χ2v) is 9.37. The molecule has 0 bridgehead atoms. The summed E-state index contributed by atoms with van der Waals surface area (Å²) in [4.78, 5) is 43.0. The minimum atomic E-state index is -0.621. The van der Waals surface area contributed by atoms with Crippen LogP contribution >= 0.6 is 0 Å². The summed E-state index contributed by atoms with van der Waals surface area (Å²) in [5, 5.41) is 3.12. The molecule has 0 saturated carbocycles. The number of amides is 1. The number of aryl methyl sites for hydroxylation is 3. The minimum absolute atomic E-state index is 0.388. The lowest BCUT2D eigenvalue weighted by atomic mass is 10.2. The van der Waals surface area contributed by atoms with Crippen LogP contribution < -0.4 is 16.6 Å². The monoisotopic (exact) mass is 475 g/mol. The maximum absolute atomic E-state index is 13.5. The maximum Gasteiger partial charge on any atom is 0.412 e. The van der Waals surface area contributed by atoms with Crippen LogP contribution in [0.3, 0.4) is 0 Å². The molecule has 0 aliphatic heterocycles. The number of hydrogen-bond donors (Lipinski definition) is 1. The number of hydrogen-bond acceptors (Lipinski definition) is 5. The summed E-state index contributed by atoms with van der Waals surface area (Å²) < 4.78 is 10.0. The summed E-state index contributed by atoms with van der Waals surface area (Å²) in [6, 6.07) is 13.6. The first-order chi connectivity index (χ1) is 16.6.